The Hall–Kier alpha value is -1.24. The number of hydrogen-bond donors (Lipinski definition) is 1. The molecule has 1 aromatic heterocycles. The third kappa shape index (κ3) is 3.70. The number of rotatable bonds is 5. The minimum atomic E-state index is -0.101. The van der Waals surface area contributed by atoms with E-state index in [-0.39, 0.29) is 6.10 Å². The molecule has 5 nitrogen and oxygen atoms in total. The number of benzene rings is 1. The molecule has 0 saturated heterocycles. The van der Waals surface area contributed by atoms with E-state index in [9.17, 15) is 5.11 Å². The highest BCUT2D eigenvalue weighted by molar-refractivity contribution is 9.10. The van der Waals surface area contributed by atoms with Crippen LogP contribution in [-0.4, -0.2) is 39.9 Å². The van der Waals surface area contributed by atoms with Crippen molar-refractivity contribution in [1.82, 2.24) is 15.1 Å². The molecule has 0 spiro atoms. The van der Waals surface area contributed by atoms with Crippen molar-refractivity contribution >= 4 is 15.9 Å². The lowest BCUT2D eigenvalue weighted by Gasteiger charge is -2.34. The van der Waals surface area contributed by atoms with E-state index in [0.717, 1.165) is 29.4 Å². The van der Waals surface area contributed by atoms with E-state index in [1.54, 1.807) is 0 Å². The van der Waals surface area contributed by atoms with Crippen LogP contribution in [0, 0.1) is 5.92 Å². The van der Waals surface area contributed by atoms with Gasteiger partial charge in [0.2, 0.25) is 11.8 Å². The van der Waals surface area contributed by atoms with Crippen LogP contribution in [0.1, 0.15) is 18.7 Å². The molecule has 1 N–H and O–H groups in total. The summed E-state index contributed by atoms with van der Waals surface area (Å²) in [6.07, 6.45) is 1.70. The Balaban J connectivity index is 1.58. The maximum absolute atomic E-state index is 9.31. The van der Waals surface area contributed by atoms with Gasteiger partial charge in [-0.15, -0.1) is 10.2 Å². The van der Waals surface area contributed by atoms with Crippen LogP contribution in [0.3, 0.4) is 0 Å². The zero-order valence-electron chi connectivity index (χ0n) is 11.9. The summed E-state index contributed by atoms with van der Waals surface area (Å²) in [5.74, 6) is 1.75. The maximum Gasteiger partial charge on any atom is 0.247 e. The van der Waals surface area contributed by atoms with Crippen LogP contribution in [0.5, 0.6) is 0 Å². The van der Waals surface area contributed by atoms with E-state index in [2.05, 4.69) is 31.0 Å². The van der Waals surface area contributed by atoms with E-state index < -0.39 is 0 Å². The molecular weight excluding hydrogens is 334 g/mol. The molecule has 3 rings (SSSR count). The smallest absolute Gasteiger partial charge is 0.247 e. The molecule has 1 saturated carbocycles. The molecule has 0 aliphatic heterocycles. The highest BCUT2D eigenvalue weighted by atomic mass is 79.9. The molecule has 112 valence electrons. The van der Waals surface area contributed by atoms with Gasteiger partial charge in [0.15, 0.2) is 0 Å². The average molecular weight is 352 g/mol. The van der Waals surface area contributed by atoms with Gasteiger partial charge < -0.3 is 9.52 Å². The Morgan fingerprint density at radius 1 is 1.29 bits per heavy atom. The zero-order chi connectivity index (χ0) is 14.8. The monoisotopic (exact) mass is 351 g/mol. The summed E-state index contributed by atoms with van der Waals surface area (Å²) in [4.78, 5) is 2.16. The first-order valence-corrected chi connectivity index (χ1v) is 7.84. The lowest BCUT2D eigenvalue weighted by Crippen LogP contribution is -2.36. The molecule has 0 unspecified atom stereocenters. The Morgan fingerprint density at radius 2 is 2.00 bits per heavy atom. The Bertz CT molecular complexity index is 593. The Labute approximate surface area is 132 Å². The Kier molecular flexibility index (Phi) is 4.37. The summed E-state index contributed by atoms with van der Waals surface area (Å²) in [6, 6.07) is 7.79. The lowest BCUT2D eigenvalue weighted by atomic mass is 9.82. The van der Waals surface area contributed by atoms with E-state index in [1.807, 2.05) is 31.3 Å². The first kappa shape index (κ1) is 14.7. The van der Waals surface area contributed by atoms with Gasteiger partial charge in [-0.05, 0) is 50.1 Å². The minimum Gasteiger partial charge on any atom is -0.419 e. The fourth-order valence-electron chi connectivity index (χ4n) is 2.61. The number of hydrogen-bond acceptors (Lipinski definition) is 5. The summed E-state index contributed by atoms with van der Waals surface area (Å²) in [5.41, 5.74) is 0.918. The van der Waals surface area contributed by atoms with Gasteiger partial charge >= 0.3 is 0 Å². The van der Waals surface area contributed by atoms with Crippen molar-refractivity contribution in [1.29, 1.82) is 0 Å². The molecular formula is C15H18BrN3O2. The van der Waals surface area contributed by atoms with Crippen LogP contribution in [0.15, 0.2) is 33.2 Å². The maximum atomic E-state index is 9.31. The van der Waals surface area contributed by atoms with Gasteiger partial charge in [0.1, 0.15) is 0 Å². The SMILES string of the molecule is CN(Cc1nnc(-c2ccc(Br)cc2)o1)CC1CC(O)C1. The molecule has 0 amide bonds. The van der Waals surface area contributed by atoms with Crippen molar-refractivity contribution in [3.8, 4) is 11.5 Å². The average Bonchev–Trinajstić information content (AvgIpc) is 2.86. The minimum absolute atomic E-state index is 0.101. The molecule has 1 aliphatic carbocycles. The molecule has 1 fully saturated rings. The zero-order valence-corrected chi connectivity index (χ0v) is 13.5. The first-order chi connectivity index (χ1) is 10.1. The fraction of sp³-hybridized carbons (Fsp3) is 0.467. The third-order valence-electron chi connectivity index (χ3n) is 3.74. The van der Waals surface area contributed by atoms with Crippen molar-refractivity contribution in [2.75, 3.05) is 13.6 Å². The fourth-order valence-corrected chi connectivity index (χ4v) is 2.88. The quantitative estimate of drug-likeness (QED) is 0.897. The topological polar surface area (TPSA) is 62.4 Å². The number of aliphatic hydroxyl groups is 1. The van der Waals surface area contributed by atoms with Crippen molar-refractivity contribution in [2.45, 2.75) is 25.5 Å². The van der Waals surface area contributed by atoms with Crippen LogP contribution in [-0.2, 0) is 6.54 Å². The predicted octanol–water partition coefficient (Wildman–Crippen LogP) is 2.70. The number of aliphatic hydroxyl groups excluding tert-OH is 1. The predicted molar refractivity (Wildman–Crippen MR) is 82.5 cm³/mol. The van der Waals surface area contributed by atoms with Gasteiger partial charge in [0.25, 0.3) is 0 Å². The van der Waals surface area contributed by atoms with Gasteiger partial charge in [-0.3, -0.25) is 4.90 Å². The first-order valence-electron chi connectivity index (χ1n) is 7.05. The van der Waals surface area contributed by atoms with Crippen LogP contribution >= 0.6 is 15.9 Å². The summed E-state index contributed by atoms with van der Waals surface area (Å²) >= 11 is 3.40. The van der Waals surface area contributed by atoms with Crippen molar-refractivity contribution in [2.24, 2.45) is 5.92 Å². The van der Waals surface area contributed by atoms with Crippen LogP contribution in [0.2, 0.25) is 0 Å². The van der Waals surface area contributed by atoms with Gasteiger partial charge in [-0.25, -0.2) is 0 Å². The van der Waals surface area contributed by atoms with Gasteiger partial charge in [-0.2, -0.15) is 0 Å². The molecule has 1 heterocycles. The molecule has 1 aromatic carbocycles. The van der Waals surface area contributed by atoms with Crippen molar-refractivity contribution in [3.63, 3.8) is 0 Å². The molecule has 21 heavy (non-hydrogen) atoms. The summed E-state index contributed by atoms with van der Waals surface area (Å²) in [6.45, 7) is 1.59. The van der Waals surface area contributed by atoms with Crippen molar-refractivity contribution in [3.05, 3.63) is 34.6 Å². The molecule has 2 aromatic rings. The molecule has 0 atom stereocenters. The second kappa shape index (κ2) is 6.25. The molecule has 6 heteroatoms. The number of nitrogens with zero attached hydrogens (tertiary/aromatic N) is 3. The standard InChI is InChI=1S/C15H18BrN3O2/c1-19(8-10-6-13(20)7-10)9-14-17-18-15(21-14)11-2-4-12(16)5-3-11/h2-5,10,13,20H,6-9H2,1H3. The second-order valence-electron chi connectivity index (χ2n) is 5.70. The van der Waals surface area contributed by atoms with Gasteiger partial charge in [-0.1, -0.05) is 15.9 Å². The van der Waals surface area contributed by atoms with Crippen LogP contribution in [0.4, 0.5) is 0 Å². The van der Waals surface area contributed by atoms with Gasteiger partial charge in [0, 0.05) is 16.6 Å². The molecule has 0 bridgehead atoms. The highest BCUT2D eigenvalue weighted by Crippen LogP contribution is 2.28. The third-order valence-corrected chi connectivity index (χ3v) is 4.27. The molecule has 1 aliphatic rings. The second-order valence-corrected chi connectivity index (χ2v) is 6.61. The Morgan fingerprint density at radius 3 is 2.67 bits per heavy atom. The van der Waals surface area contributed by atoms with E-state index in [4.69, 9.17) is 4.42 Å². The van der Waals surface area contributed by atoms with E-state index >= 15 is 0 Å². The largest absolute Gasteiger partial charge is 0.419 e. The summed E-state index contributed by atoms with van der Waals surface area (Å²) in [7, 11) is 2.04. The summed E-state index contributed by atoms with van der Waals surface area (Å²) < 4.78 is 6.73. The van der Waals surface area contributed by atoms with E-state index in [0.29, 0.717) is 24.2 Å². The summed E-state index contributed by atoms with van der Waals surface area (Å²) in [5, 5.41) is 17.5. The molecule has 0 radical (unpaired) electrons. The van der Waals surface area contributed by atoms with Crippen LogP contribution < -0.4 is 0 Å². The normalized spacial score (nSPS) is 21.5. The highest BCUT2D eigenvalue weighted by Gasteiger charge is 2.28. The number of aromatic nitrogens is 2. The lowest BCUT2D eigenvalue weighted by molar-refractivity contribution is 0.0264. The van der Waals surface area contributed by atoms with Gasteiger partial charge in [0.05, 0.1) is 12.6 Å². The van der Waals surface area contributed by atoms with Crippen LogP contribution in [0.25, 0.3) is 11.5 Å². The number of halogens is 1. The van der Waals surface area contributed by atoms with Crippen molar-refractivity contribution < 1.29 is 9.52 Å². The van der Waals surface area contributed by atoms with E-state index in [1.165, 1.54) is 0 Å².